The highest BCUT2D eigenvalue weighted by Gasteiger charge is 2.34. The van der Waals surface area contributed by atoms with Gasteiger partial charge in [0.2, 0.25) is 11.8 Å². The van der Waals surface area contributed by atoms with E-state index in [0.29, 0.717) is 35.2 Å². The number of benzene rings is 3. The second-order valence-corrected chi connectivity index (χ2v) is 11.1. The Hall–Kier alpha value is -4.67. The quantitative estimate of drug-likeness (QED) is 0.286. The SMILES string of the molecule is O=C(Cn1c(=O)c2c(ncn2Cc2ccccc2)n(Cc2ccccc2)c1=O)NC1CCN(c2ccc(Cl)c(Cl)c2)C1=O. The number of carbonyl (C=O) groups is 2. The van der Waals surface area contributed by atoms with Crippen LogP contribution in [0.15, 0.2) is 94.8 Å². The summed E-state index contributed by atoms with van der Waals surface area (Å²) in [5.41, 5.74) is 1.47. The number of anilines is 1. The summed E-state index contributed by atoms with van der Waals surface area (Å²) in [6.45, 7) is 0.301. The van der Waals surface area contributed by atoms with E-state index in [-0.39, 0.29) is 23.6 Å². The van der Waals surface area contributed by atoms with Gasteiger partial charge in [-0.2, -0.15) is 0 Å². The van der Waals surface area contributed by atoms with Gasteiger partial charge < -0.3 is 14.8 Å². The van der Waals surface area contributed by atoms with E-state index in [4.69, 9.17) is 23.2 Å². The molecule has 0 spiro atoms. The van der Waals surface area contributed by atoms with Crippen LogP contribution in [0.3, 0.4) is 0 Å². The van der Waals surface area contributed by atoms with E-state index in [9.17, 15) is 19.2 Å². The molecule has 3 heterocycles. The molecule has 0 saturated carbocycles. The maximum Gasteiger partial charge on any atom is 0.333 e. The largest absolute Gasteiger partial charge is 0.343 e. The molecule has 2 amide bonds. The Bertz CT molecular complexity index is 1950. The molecule has 1 fully saturated rings. The molecule has 1 aliphatic rings. The first kappa shape index (κ1) is 28.4. The van der Waals surface area contributed by atoms with Gasteiger partial charge in [0, 0.05) is 18.8 Å². The van der Waals surface area contributed by atoms with Crippen LogP contribution >= 0.6 is 23.2 Å². The lowest BCUT2D eigenvalue weighted by atomic mass is 10.2. The van der Waals surface area contributed by atoms with Gasteiger partial charge in [0.1, 0.15) is 12.6 Å². The summed E-state index contributed by atoms with van der Waals surface area (Å²) < 4.78 is 3.98. The van der Waals surface area contributed by atoms with Crippen LogP contribution in [0.5, 0.6) is 0 Å². The topological polar surface area (TPSA) is 111 Å². The van der Waals surface area contributed by atoms with Gasteiger partial charge in [-0.1, -0.05) is 83.9 Å². The Morgan fingerprint density at radius 3 is 2.21 bits per heavy atom. The van der Waals surface area contributed by atoms with E-state index in [1.807, 2.05) is 60.7 Å². The summed E-state index contributed by atoms with van der Waals surface area (Å²) in [5.74, 6) is -0.953. The van der Waals surface area contributed by atoms with Crippen LogP contribution in [0.25, 0.3) is 11.2 Å². The number of imidazole rings is 1. The molecule has 0 radical (unpaired) electrons. The first-order chi connectivity index (χ1) is 20.8. The molecule has 0 bridgehead atoms. The zero-order chi connectivity index (χ0) is 30.1. The fourth-order valence-electron chi connectivity index (χ4n) is 5.29. The fraction of sp³-hybridized carbons (Fsp3) is 0.194. The Balaban J connectivity index is 1.31. The maximum absolute atomic E-state index is 13.8. The molecule has 1 aliphatic heterocycles. The molecule has 1 N–H and O–H groups in total. The van der Waals surface area contributed by atoms with Gasteiger partial charge in [-0.3, -0.25) is 19.0 Å². The van der Waals surface area contributed by atoms with E-state index >= 15 is 0 Å². The normalized spacial score (nSPS) is 14.9. The second-order valence-electron chi connectivity index (χ2n) is 10.3. The molecule has 1 atom stereocenters. The minimum absolute atomic E-state index is 0.153. The number of rotatable bonds is 8. The average molecular weight is 617 g/mol. The average Bonchev–Trinajstić information content (AvgIpc) is 3.59. The van der Waals surface area contributed by atoms with Gasteiger partial charge in [0.15, 0.2) is 11.2 Å². The molecule has 2 aromatic heterocycles. The van der Waals surface area contributed by atoms with E-state index in [2.05, 4.69) is 10.3 Å². The van der Waals surface area contributed by atoms with Gasteiger partial charge in [-0.25, -0.2) is 14.3 Å². The summed E-state index contributed by atoms with van der Waals surface area (Å²) in [7, 11) is 0. The lowest BCUT2D eigenvalue weighted by Crippen LogP contribution is -2.47. The van der Waals surface area contributed by atoms with Crippen LogP contribution in [0.4, 0.5) is 5.69 Å². The van der Waals surface area contributed by atoms with Crippen LogP contribution in [0.2, 0.25) is 10.0 Å². The second kappa shape index (κ2) is 11.9. The highest BCUT2D eigenvalue weighted by atomic mass is 35.5. The predicted molar refractivity (Wildman–Crippen MR) is 165 cm³/mol. The van der Waals surface area contributed by atoms with Crippen molar-refractivity contribution in [1.29, 1.82) is 0 Å². The van der Waals surface area contributed by atoms with Crippen molar-refractivity contribution in [3.05, 3.63) is 127 Å². The maximum atomic E-state index is 13.8. The van der Waals surface area contributed by atoms with Crippen molar-refractivity contribution in [2.24, 2.45) is 0 Å². The van der Waals surface area contributed by atoms with Gasteiger partial charge in [-0.05, 0) is 35.7 Å². The fourth-order valence-corrected chi connectivity index (χ4v) is 5.59. The van der Waals surface area contributed by atoms with Crippen LogP contribution in [-0.2, 0) is 29.2 Å². The summed E-state index contributed by atoms with van der Waals surface area (Å²) >= 11 is 12.1. The summed E-state index contributed by atoms with van der Waals surface area (Å²) in [6.07, 6.45) is 1.88. The van der Waals surface area contributed by atoms with Crippen LogP contribution in [0.1, 0.15) is 17.5 Å². The van der Waals surface area contributed by atoms with E-state index in [1.165, 1.54) is 15.8 Å². The molecule has 10 nitrogen and oxygen atoms in total. The molecule has 12 heteroatoms. The van der Waals surface area contributed by atoms with Crippen molar-refractivity contribution >= 4 is 51.9 Å². The Labute approximate surface area is 255 Å². The Morgan fingerprint density at radius 2 is 1.53 bits per heavy atom. The number of carbonyl (C=O) groups excluding carboxylic acids is 2. The molecule has 0 aliphatic carbocycles. The zero-order valence-corrected chi connectivity index (χ0v) is 24.3. The van der Waals surface area contributed by atoms with Crippen LogP contribution in [-0.4, -0.2) is 43.1 Å². The number of hydrogen-bond acceptors (Lipinski definition) is 5. The lowest BCUT2D eigenvalue weighted by Gasteiger charge is -2.18. The van der Waals surface area contributed by atoms with Gasteiger partial charge in [0.05, 0.1) is 22.9 Å². The number of amides is 2. The molecule has 1 saturated heterocycles. The third-order valence-corrected chi connectivity index (χ3v) is 8.16. The number of halogens is 2. The molecular weight excluding hydrogens is 591 g/mol. The highest BCUT2D eigenvalue weighted by Crippen LogP contribution is 2.29. The monoisotopic (exact) mass is 616 g/mol. The number of nitrogens with zero attached hydrogens (tertiary/aromatic N) is 5. The number of nitrogens with one attached hydrogen (secondary N) is 1. The van der Waals surface area contributed by atoms with E-state index in [1.54, 1.807) is 22.8 Å². The van der Waals surface area contributed by atoms with E-state index in [0.717, 1.165) is 15.7 Å². The van der Waals surface area contributed by atoms with E-state index < -0.39 is 29.7 Å². The molecule has 3 aromatic carbocycles. The first-order valence-corrected chi connectivity index (χ1v) is 14.4. The summed E-state index contributed by atoms with van der Waals surface area (Å²) in [4.78, 5) is 59.8. The smallest absolute Gasteiger partial charge is 0.333 e. The third-order valence-electron chi connectivity index (χ3n) is 7.42. The molecule has 6 rings (SSSR count). The molecule has 218 valence electrons. The first-order valence-electron chi connectivity index (χ1n) is 13.6. The Morgan fingerprint density at radius 1 is 0.860 bits per heavy atom. The number of fused-ring (bicyclic) bond motifs is 1. The van der Waals surface area contributed by atoms with Crippen molar-refractivity contribution in [2.45, 2.75) is 32.1 Å². The number of aromatic nitrogens is 4. The lowest BCUT2D eigenvalue weighted by molar-refractivity contribution is -0.126. The predicted octanol–water partition coefficient (Wildman–Crippen LogP) is 3.68. The summed E-state index contributed by atoms with van der Waals surface area (Å²) in [6, 6.07) is 22.9. The molecular formula is C31H26Cl2N6O4. The standard InChI is InChI=1S/C31H26Cl2N6O4/c32-23-12-11-22(15-24(23)33)37-14-13-25(29(37)41)35-26(40)18-39-30(42)27-28(34-19-36(27)16-20-7-3-1-4-8-20)38(31(39)43)17-21-9-5-2-6-10-21/h1-12,15,19,25H,13-14,16-18H2,(H,35,40). The van der Waals surface area contributed by atoms with Crippen molar-refractivity contribution in [2.75, 3.05) is 11.4 Å². The molecule has 5 aromatic rings. The molecule has 1 unspecified atom stereocenters. The minimum Gasteiger partial charge on any atom is -0.343 e. The molecule has 43 heavy (non-hydrogen) atoms. The summed E-state index contributed by atoms with van der Waals surface area (Å²) in [5, 5.41) is 3.38. The van der Waals surface area contributed by atoms with Crippen molar-refractivity contribution in [3.63, 3.8) is 0 Å². The number of hydrogen-bond donors (Lipinski definition) is 1. The van der Waals surface area contributed by atoms with Gasteiger partial charge in [0.25, 0.3) is 5.56 Å². The third kappa shape index (κ3) is 5.71. The van der Waals surface area contributed by atoms with Gasteiger partial charge >= 0.3 is 5.69 Å². The Kier molecular flexibility index (Phi) is 7.88. The van der Waals surface area contributed by atoms with Crippen LogP contribution < -0.4 is 21.5 Å². The van der Waals surface area contributed by atoms with Crippen molar-refractivity contribution in [1.82, 2.24) is 24.0 Å². The zero-order valence-electron chi connectivity index (χ0n) is 22.8. The van der Waals surface area contributed by atoms with Crippen molar-refractivity contribution in [3.8, 4) is 0 Å². The highest BCUT2D eigenvalue weighted by molar-refractivity contribution is 6.42. The van der Waals surface area contributed by atoms with Gasteiger partial charge in [-0.15, -0.1) is 0 Å². The van der Waals surface area contributed by atoms with Crippen LogP contribution in [0, 0.1) is 0 Å². The van der Waals surface area contributed by atoms with Crippen molar-refractivity contribution < 1.29 is 9.59 Å². The minimum atomic E-state index is -0.823.